The van der Waals surface area contributed by atoms with E-state index in [0.29, 0.717) is 0 Å². The molecular weight excluding hydrogens is 249 g/mol. The minimum Gasteiger partial charge on any atom is -0.784 e. The zero-order valence-electron chi connectivity index (χ0n) is 3.34. The van der Waals surface area contributed by atoms with Crippen LogP contribution in [-0.2, 0) is 11.4 Å². The molecule has 42 valence electrons. The Bertz CT molecular complexity index is 31.1. The van der Waals surface area contributed by atoms with Crippen LogP contribution in [0.1, 0.15) is 0 Å². The van der Waals surface area contributed by atoms with Crippen molar-refractivity contribution in [3.05, 3.63) is 0 Å². The molecule has 0 radical (unpaired) electrons. The Labute approximate surface area is 83.3 Å². The van der Waals surface area contributed by atoms with Gasteiger partial charge in [0, 0.05) is 0 Å². The van der Waals surface area contributed by atoms with E-state index in [9.17, 15) is 0 Å². The number of rotatable bonds is 0. The topological polar surface area (TPSA) is 126 Å². The summed E-state index contributed by atoms with van der Waals surface area (Å²) in [6, 6.07) is 0. The summed E-state index contributed by atoms with van der Waals surface area (Å²) < 4.78 is 25.3. The first kappa shape index (κ1) is 23.5. The van der Waals surface area contributed by atoms with Crippen molar-refractivity contribution in [2.45, 2.75) is 0 Å². The predicted molar refractivity (Wildman–Crippen MR) is 22.7 cm³/mol. The Hall–Kier alpha value is 1.56. The van der Waals surface area contributed by atoms with Crippen LogP contribution in [0.15, 0.2) is 0 Å². The molecule has 0 aliphatic carbocycles. The van der Waals surface area contributed by atoms with E-state index >= 15 is 0 Å². The summed E-state index contributed by atoms with van der Waals surface area (Å²) >= 11 is -3.11. The van der Waals surface area contributed by atoms with Gasteiger partial charge < -0.3 is 20.1 Å². The fraction of sp³-hybridized carbons (Fsp3) is 0. The van der Waals surface area contributed by atoms with Crippen molar-refractivity contribution < 1.29 is 24.3 Å². The molecule has 0 aromatic carbocycles. The largest absolute Gasteiger partial charge is 2.00 e. The summed E-state index contributed by atoms with van der Waals surface area (Å²) in [4.78, 5) is 0. The zero-order valence-corrected chi connectivity index (χ0v) is 8.60. The molecule has 0 atom stereocenters. The van der Waals surface area contributed by atoms with E-state index in [1.165, 1.54) is 0 Å². The summed E-state index contributed by atoms with van der Waals surface area (Å²) in [6.45, 7) is 0. The van der Waals surface area contributed by atoms with Gasteiger partial charge in [0.05, 0.1) is 0 Å². The van der Waals surface area contributed by atoms with E-state index in [0.717, 1.165) is 0 Å². The van der Waals surface area contributed by atoms with Crippen molar-refractivity contribution in [2.75, 3.05) is 0 Å². The zero-order chi connectivity index (χ0) is 3.58. The molecule has 7 heavy (non-hydrogen) atoms. The summed E-state index contributed by atoms with van der Waals surface area (Å²) in [6.07, 6.45) is 0. The van der Waals surface area contributed by atoms with Crippen LogP contribution in [0.25, 0.3) is 0 Å². The van der Waals surface area contributed by atoms with Crippen molar-refractivity contribution in [3.8, 4) is 0 Å². The first-order valence-corrected chi connectivity index (χ1v) is 1.50. The standard InChI is InChI=1S/Ba.H2O3S.2H2O/c;1-4(2)3;;/h;(H2,1,2,3);2*1H2/q+2;;;/p-2. The van der Waals surface area contributed by atoms with Gasteiger partial charge in [-0.15, -0.1) is 11.4 Å². The molecular formula is H4BaO5S. The van der Waals surface area contributed by atoms with Crippen molar-refractivity contribution in [3.63, 3.8) is 0 Å². The first-order valence-electron chi connectivity index (χ1n) is 0.500. The molecule has 0 saturated carbocycles. The smallest absolute Gasteiger partial charge is 0.784 e. The molecule has 0 aromatic heterocycles. The van der Waals surface area contributed by atoms with Crippen LogP contribution in [0.3, 0.4) is 0 Å². The van der Waals surface area contributed by atoms with Crippen LogP contribution in [0, 0.1) is 0 Å². The van der Waals surface area contributed by atoms with Crippen LogP contribution in [0.5, 0.6) is 0 Å². The van der Waals surface area contributed by atoms with E-state index in [1.54, 1.807) is 0 Å². The molecule has 0 aliphatic rings. The van der Waals surface area contributed by atoms with Crippen molar-refractivity contribution in [2.24, 2.45) is 0 Å². The van der Waals surface area contributed by atoms with Gasteiger partial charge in [-0.25, -0.2) is 0 Å². The maximum Gasteiger partial charge on any atom is 2.00 e. The molecule has 7 heteroatoms. The van der Waals surface area contributed by atoms with Crippen LogP contribution in [0.4, 0.5) is 0 Å². The molecule has 0 amide bonds. The van der Waals surface area contributed by atoms with Crippen LogP contribution >= 0.6 is 0 Å². The van der Waals surface area contributed by atoms with E-state index in [4.69, 9.17) is 13.3 Å². The maximum absolute atomic E-state index is 8.44. The van der Waals surface area contributed by atoms with Crippen molar-refractivity contribution >= 4 is 60.2 Å². The molecule has 0 heterocycles. The Morgan fingerprint density at radius 2 is 1.14 bits per heavy atom. The van der Waals surface area contributed by atoms with Gasteiger partial charge in [-0.05, 0) is 0 Å². The van der Waals surface area contributed by atoms with Gasteiger partial charge in [0.1, 0.15) is 0 Å². The molecule has 0 aliphatic heterocycles. The van der Waals surface area contributed by atoms with Crippen molar-refractivity contribution in [1.29, 1.82) is 0 Å². The number of hydrogen-bond donors (Lipinski definition) is 0. The molecule has 0 rings (SSSR count). The molecule has 0 fully saturated rings. The van der Waals surface area contributed by atoms with Crippen LogP contribution in [0.2, 0.25) is 0 Å². The first-order chi connectivity index (χ1) is 1.73. The van der Waals surface area contributed by atoms with Gasteiger partial charge in [0.15, 0.2) is 0 Å². The molecule has 4 N–H and O–H groups in total. The van der Waals surface area contributed by atoms with Crippen molar-refractivity contribution in [1.82, 2.24) is 0 Å². The SMILES string of the molecule is O.O.O=S([O-])[O-].[Ba+2]. The molecule has 0 aromatic rings. The van der Waals surface area contributed by atoms with E-state index < -0.39 is 11.4 Å². The molecule has 0 spiro atoms. The fourth-order valence-electron chi connectivity index (χ4n) is 0. The predicted octanol–water partition coefficient (Wildman–Crippen LogP) is -3.03. The second-order valence-corrected chi connectivity index (χ2v) is 0.612. The minimum absolute atomic E-state index is 0. The third-order valence-electron chi connectivity index (χ3n) is 0. The van der Waals surface area contributed by atoms with Gasteiger partial charge in [-0.2, -0.15) is 0 Å². The van der Waals surface area contributed by atoms with E-state index in [1.807, 2.05) is 0 Å². The van der Waals surface area contributed by atoms with Gasteiger partial charge in [0.2, 0.25) is 0 Å². The second-order valence-electron chi connectivity index (χ2n) is 0.204. The second kappa shape index (κ2) is 15.6. The summed E-state index contributed by atoms with van der Waals surface area (Å²) in [5.41, 5.74) is 0. The Kier molecular flexibility index (Phi) is 52.6. The van der Waals surface area contributed by atoms with E-state index in [-0.39, 0.29) is 59.8 Å². The average molecular weight is 253 g/mol. The third kappa shape index (κ3) is 95.9. The Morgan fingerprint density at radius 1 is 1.14 bits per heavy atom. The van der Waals surface area contributed by atoms with Gasteiger partial charge in [-0.1, -0.05) is 0 Å². The van der Waals surface area contributed by atoms with Crippen LogP contribution in [-0.4, -0.2) is 73.1 Å². The van der Waals surface area contributed by atoms with Crippen LogP contribution < -0.4 is 0 Å². The Balaban J connectivity index is -0.0000000150. The molecule has 0 saturated heterocycles. The van der Waals surface area contributed by atoms with Gasteiger partial charge in [-0.3, -0.25) is 4.21 Å². The third-order valence-corrected chi connectivity index (χ3v) is 0. The maximum atomic E-state index is 8.44. The van der Waals surface area contributed by atoms with E-state index in [2.05, 4.69) is 0 Å². The summed E-state index contributed by atoms with van der Waals surface area (Å²) in [5.74, 6) is 0. The molecule has 0 bridgehead atoms. The molecule has 0 unspecified atom stereocenters. The summed E-state index contributed by atoms with van der Waals surface area (Å²) in [5, 5.41) is 0. The van der Waals surface area contributed by atoms with Gasteiger partial charge >= 0.3 is 48.9 Å². The quantitative estimate of drug-likeness (QED) is 0.336. The van der Waals surface area contributed by atoms with Gasteiger partial charge in [0.25, 0.3) is 0 Å². The Morgan fingerprint density at radius 3 is 1.14 bits per heavy atom. The fourth-order valence-corrected chi connectivity index (χ4v) is 0. The number of hydrogen-bond acceptors (Lipinski definition) is 3. The minimum atomic E-state index is -3.11. The normalized spacial score (nSPS) is 5.00. The monoisotopic (exact) mass is 254 g/mol. The average Bonchev–Trinajstić information content (AvgIpc) is 0.811. The summed E-state index contributed by atoms with van der Waals surface area (Å²) in [7, 11) is 0. The molecule has 5 nitrogen and oxygen atoms in total.